The third-order valence-electron chi connectivity index (χ3n) is 5.54. The van der Waals surface area contributed by atoms with Gasteiger partial charge in [0.25, 0.3) is 0 Å². The first-order chi connectivity index (χ1) is 13.5. The molecule has 1 aliphatic carbocycles. The van der Waals surface area contributed by atoms with Gasteiger partial charge in [-0.05, 0) is 46.0 Å². The van der Waals surface area contributed by atoms with E-state index in [4.69, 9.17) is 9.47 Å². The second-order valence-electron chi connectivity index (χ2n) is 8.88. The minimum absolute atomic E-state index is 0.0455. The number of allylic oxidation sites excluding steroid dienone is 1. The summed E-state index contributed by atoms with van der Waals surface area (Å²) in [5, 5.41) is 0. The molecule has 162 valence electrons. The van der Waals surface area contributed by atoms with Gasteiger partial charge in [-0.1, -0.05) is 25.2 Å². The molecule has 0 saturated heterocycles. The van der Waals surface area contributed by atoms with Crippen molar-refractivity contribution in [2.24, 2.45) is 16.7 Å². The highest BCUT2D eigenvalue weighted by molar-refractivity contribution is 5.89. The second-order valence-corrected chi connectivity index (χ2v) is 8.88. The summed E-state index contributed by atoms with van der Waals surface area (Å²) in [7, 11) is 1.35. The molecule has 0 aromatic carbocycles. The second kappa shape index (κ2) is 10.5. The molecule has 0 amide bonds. The molecule has 3 atom stereocenters. The molecule has 1 aliphatic rings. The average molecular weight is 407 g/mol. The van der Waals surface area contributed by atoms with Gasteiger partial charge in [0.2, 0.25) is 0 Å². The minimum atomic E-state index is -0.685. The fraction of sp³-hybridized carbons (Fsp3) is 0.652. The highest BCUT2D eigenvalue weighted by atomic mass is 16.5. The number of carbonyl (C=O) groups excluding carboxylic acids is 4. The highest BCUT2D eigenvalue weighted by Gasteiger charge is 2.39. The average Bonchev–Trinajstić information content (AvgIpc) is 2.66. The molecular weight excluding hydrogens is 372 g/mol. The molecule has 1 rings (SSSR count). The summed E-state index contributed by atoms with van der Waals surface area (Å²) in [5.41, 5.74) is 0.0629. The van der Waals surface area contributed by atoms with Crippen molar-refractivity contribution >= 4 is 24.5 Å². The molecule has 0 N–H and O–H groups in total. The van der Waals surface area contributed by atoms with Crippen molar-refractivity contribution < 1.29 is 28.7 Å². The molecule has 6 nitrogen and oxygen atoms in total. The molecule has 0 fully saturated rings. The first kappa shape index (κ1) is 24.8. The highest BCUT2D eigenvalue weighted by Crippen LogP contribution is 2.47. The van der Waals surface area contributed by atoms with E-state index < -0.39 is 16.9 Å². The molecule has 0 aromatic rings. The van der Waals surface area contributed by atoms with Crippen LogP contribution >= 0.6 is 0 Å². The lowest BCUT2D eigenvalue weighted by Gasteiger charge is -2.39. The van der Waals surface area contributed by atoms with Crippen molar-refractivity contribution in [3.8, 4) is 0 Å². The Morgan fingerprint density at radius 2 is 1.97 bits per heavy atom. The third kappa shape index (κ3) is 6.65. The molecule has 0 heterocycles. The Morgan fingerprint density at radius 1 is 1.31 bits per heavy atom. The van der Waals surface area contributed by atoms with Crippen LogP contribution in [0.15, 0.2) is 23.8 Å². The summed E-state index contributed by atoms with van der Waals surface area (Å²) in [5.74, 6) is -0.727. The van der Waals surface area contributed by atoms with Gasteiger partial charge in [-0.25, -0.2) is 4.79 Å². The van der Waals surface area contributed by atoms with Crippen LogP contribution in [-0.4, -0.2) is 37.7 Å². The van der Waals surface area contributed by atoms with E-state index >= 15 is 0 Å². The number of hydrogen-bond acceptors (Lipinski definition) is 6. The first-order valence-electron chi connectivity index (χ1n) is 10.1. The topological polar surface area (TPSA) is 86.7 Å². The fourth-order valence-electron chi connectivity index (χ4n) is 3.58. The number of ether oxygens (including phenoxy) is 2. The Balaban J connectivity index is 3.18. The van der Waals surface area contributed by atoms with Gasteiger partial charge < -0.3 is 19.1 Å². The van der Waals surface area contributed by atoms with Gasteiger partial charge >= 0.3 is 11.9 Å². The van der Waals surface area contributed by atoms with E-state index in [1.807, 2.05) is 13.0 Å². The lowest BCUT2D eigenvalue weighted by molar-refractivity contribution is -0.159. The number of methoxy groups -OCH3 is 1. The summed E-state index contributed by atoms with van der Waals surface area (Å²) in [6, 6.07) is 0. The predicted octanol–water partition coefficient (Wildman–Crippen LogP) is 3.97. The van der Waals surface area contributed by atoms with Crippen molar-refractivity contribution in [2.75, 3.05) is 7.11 Å². The SMILES string of the molecule is C=C(CC(CC=O)OC(=O)C(C)(C)C)[C@]1(CCC=O)C=C(C(=O)OC)[C@H](C)CC1. The summed E-state index contributed by atoms with van der Waals surface area (Å²) < 4.78 is 10.5. The molecule has 29 heavy (non-hydrogen) atoms. The molecule has 1 unspecified atom stereocenters. The van der Waals surface area contributed by atoms with E-state index in [0.29, 0.717) is 24.8 Å². The van der Waals surface area contributed by atoms with E-state index in [-0.39, 0.29) is 24.3 Å². The van der Waals surface area contributed by atoms with Crippen LogP contribution in [-0.2, 0) is 28.7 Å². The van der Waals surface area contributed by atoms with E-state index in [1.54, 1.807) is 20.8 Å². The molecule has 6 heteroatoms. The van der Waals surface area contributed by atoms with E-state index in [9.17, 15) is 19.2 Å². The monoisotopic (exact) mass is 406 g/mol. The molecule has 0 saturated carbocycles. The van der Waals surface area contributed by atoms with Crippen LogP contribution in [0.5, 0.6) is 0 Å². The molecular formula is C23H34O6. The van der Waals surface area contributed by atoms with Gasteiger partial charge in [-0.15, -0.1) is 0 Å². The van der Waals surface area contributed by atoms with Crippen LogP contribution < -0.4 is 0 Å². The molecule has 0 bridgehead atoms. The van der Waals surface area contributed by atoms with Crippen molar-refractivity contribution in [1.82, 2.24) is 0 Å². The van der Waals surface area contributed by atoms with Crippen molar-refractivity contribution in [2.45, 2.75) is 72.3 Å². The standard InChI is InChI=1S/C23H34O6/c1-16-8-11-23(10-7-12-24,15-19(16)20(26)28-6)17(2)14-18(9-13-25)29-21(27)22(3,4)5/h12-13,15-16,18H,2,7-11,14H2,1,3-6H3/t16-,18?,23+/m1/s1. The maximum Gasteiger partial charge on any atom is 0.333 e. The van der Waals surface area contributed by atoms with E-state index in [2.05, 4.69) is 6.58 Å². The lowest BCUT2D eigenvalue weighted by atomic mass is 9.65. The van der Waals surface area contributed by atoms with Crippen LogP contribution in [0.25, 0.3) is 0 Å². The zero-order valence-corrected chi connectivity index (χ0v) is 18.3. The fourth-order valence-corrected chi connectivity index (χ4v) is 3.58. The van der Waals surface area contributed by atoms with Crippen LogP contribution in [0.2, 0.25) is 0 Å². The number of aldehydes is 2. The molecule has 0 radical (unpaired) electrons. The number of esters is 2. The number of rotatable bonds is 10. The molecule has 0 aromatic heterocycles. The first-order valence-corrected chi connectivity index (χ1v) is 10.1. The zero-order chi connectivity index (χ0) is 22.2. The Hall–Kier alpha value is -2.24. The Labute approximate surface area is 173 Å². The minimum Gasteiger partial charge on any atom is -0.466 e. The van der Waals surface area contributed by atoms with Crippen LogP contribution in [0.4, 0.5) is 0 Å². The van der Waals surface area contributed by atoms with Gasteiger partial charge in [0, 0.05) is 30.3 Å². The quantitative estimate of drug-likeness (QED) is 0.310. The van der Waals surface area contributed by atoms with Crippen molar-refractivity contribution in [1.29, 1.82) is 0 Å². The van der Waals surface area contributed by atoms with Crippen LogP contribution in [0, 0.1) is 16.7 Å². The number of carbonyl (C=O) groups is 4. The summed E-state index contributed by atoms with van der Waals surface area (Å²) in [6.07, 6.45) is 5.47. The third-order valence-corrected chi connectivity index (χ3v) is 5.54. The van der Waals surface area contributed by atoms with Gasteiger partial charge in [0.15, 0.2) is 0 Å². The van der Waals surface area contributed by atoms with Gasteiger partial charge in [-0.2, -0.15) is 0 Å². The number of hydrogen-bond donors (Lipinski definition) is 0. The zero-order valence-electron chi connectivity index (χ0n) is 18.3. The van der Waals surface area contributed by atoms with E-state index in [0.717, 1.165) is 31.0 Å². The van der Waals surface area contributed by atoms with Crippen LogP contribution in [0.3, 0.4) is 0 Å². The summed E-state index contributed by atoms with van der Waals surface area (Å²) in [6.45, 7) is 11.4. The normalized spacial score (nSPS) is 22.8. The molecule has 0 spiro atoms. The van der Waals surface area contributed by atoms with Gasteiger partial charge in [-0.3, -0.25) is 4.79 Å². The van der Waals surface area contributed by atoms with Gasteiger partial charge in [0.05, 0.1) is 12.5 Å². The largest absolute Gasteiger partial charge is 0.466 e. The van der Waals surface area contributed by atoms with Crippen LogP contribution in [0.1, 0.15) is 66.2 Å². The smallest absolute Gasteiger partial charge is 0.333 e. The Bertz CT molecular complexity index is 669. The van der Waals surface area contributed by atoms with Gasteiger partial charge in [0.1, 0.15) is 18.7 Å². The lowest BCUT2D eigenvalue weighted by Crippen LogP contribution is -2.33. The summed E-state index contributed by atoms with van der Waals surface area (Å²) >= 11 is 0. The van der Waals surface area contributed by atoms with E-state index in [1.165, 1.54) is 7.11 Å². The Kier molecular flexibility index (Phi) is 8.99. The maximum atomic E-state index is 12.3. The molecule has 0 aliphatic heterocycles. The summed E-state index contributed by atoms with van der Waals surface area (Å²) in [4.78, 5) is 46.7. The predicted molar refractivity (Wildman–Crippen MR) is 110 cm³/mol. The van der Waals surface area contributed by atoms with Crippen molar-refractivity contribution in [3.05, 3.63) is 23.8 Å². The Morgan fingerprint density at radius 3 is 2.48 bits per heavy atom. The van der Waals surface area contributed by atoms with Crippen molar-refractivity contribution in [3.63, 3.8) is 0 Å². The maximum absolute atomic E-state index is 12.3.